The van der Waals surface area contributed by atoms with Gasteiger partial charge in [-0.1, -0.05) is 34.1 Å². The molecule has 0 saturated carbocycles. The van der Waals surface area contributed by atoms with Gasteiger partial charge in [0.15, 0.2) is 5.78 Å². The minimum atomic E-state index is -0.576. The Morgan fingerprint density at radius 2 is 1.92 bits per heavy atom. The maximum Gasteiger partial charge on any atom is 0.339 e. The van der Waals surface area contributed by atoms with Crippen LogP contribution >= 0.6 is 15.9 Å². The summed E-state index contributed by atoms with van der Waals surface area (Å²) in [4.78, 5) is 39.2. The number of aromatic amines is 1. The SMILES string of the molecule is COC(=O)c1c(CC(=O)NC(C)c2ccccc2Br)[nH]c(C(C)=O)c1C. The molecule has 1 amide bonds. The van der Waals surface area contributed by atoms with E-state index in [0.29, 0.717) is 17.0 Å². The average Bonchev–Trinajstić information content (AvgIpc) is 2.90. The van der Waals surface area contributed by atoms with E-state index < -0.39 is 5.97 Å². The zero-order chi connectivity index (χ0) is 19.4. The van der Waals surface area contributed by atoms with Crippen LogP contribution in [-0.4, -0.2) is 29.8 Å². The van der Waals surface area contributed by atoms with Gasteiger partial charge in [-0.3, -0.25) is 9.59 Å². The van der Waals surface area contributed by atoms with Crippen LogP contribution in [0.2, 0.25) is 0 Å². The Morgan fingerprint density at radius 1 is 1.27 bits per heavy atom. The molecule has 1 atom stereocenters. The predicted octanol–water partition coefficient (Wildman–Crippen LogP) is 3.49. The van der Waals surface area contributed by atoms with Crippen LogP contribution in [-0.2, 0) is 16.0 Å². The number of amides is 1. The van der Waals surface area contributed by atoms with Crippen LogP contribution in [0.4, 0.5) is 0 Å². The van der Waals surface area contributed by atoms with Crippen LogP contribution in [0.3, 0.4) is 0 Å². The quantitative estimate of drug-likeness (QED) is 0.552. The fourth-order valence-corrected chi connectivity index (χ4v) is 3.51. The van der Waals surface area contributed by atoms with E-state index in [1.807, 2.05) is 31.2 Å². The molecule has 0 saturated heterocycles. The molecule has 2 N–H and O–H groups in total. The molecule has 2 rings (SSSR count). The molecule has 2 aromatic rings. The van der Waals surface area contributed by atoms with E-state index in [-0.39, 0.29) is 29.7 Å². The summed E-state index contributed by atoms with van der Waals surface area (Å²) in [6.07, 6.45) is -0.0622. The number of rotatable bonds is 6. The lowest BCUT2D eigenvalue weighted by molar-refractivity contribution is -0.121. The third-order valence-corrected chi connectivity index (χ3v) is 4.88. The van der Waals surface area contributed by atoms with Crippen molar-refractivity contribution in [2.45, 2.75) is 33.2 Å². The van der Waals surface area contributed by atoms with Gasteiger partial charge in [-0.25, -0.2) is 4.79 Å². The molecule has 0 aliphatic rings. The second-order valence-electron chi connectivity index (χ2n) is 6.01. The fourth-order valence-electron chi connectivity index (χ4n) is 2.88. The summed E-state index contributed by atoms with van der Waals surface area (Å²) in [5.41, 5.74) is 2.36. The van der Waals surface area contributed by atoms with Crippen molar-refractivity contribution in [3.63, 3.8) is 0 Å². The predicted molar refractivity (Wildman–Crippen MR) is 101 cm³/mol. The maximum absolute atomic E-state index is 12.5. The zero-order valence-electron chi connectivity index (χ0n) is 15.1. The number of ether oxygens (including phenoxy) is 1. The minimum absolute atomic E-state index is 0.0622. The number of H-pyrrole nitrogens is 1. The second kappa shape index (κ2) is 8.31. The first-order valence-corrected chi connectivity index (χ1v) is 8.90. The Morgan fingerprint density at radius 3 is 2.50 bits per heavy atom. The van der Waals surface area contributed by atoms with Crippen molar-refractivity contribution in [1.29, 1.82) is 0 Å². The number of Topliss-reactive ketones (excluding diaryl/α,β-unsaturated/α-hetero) is 1. The van der Waals surface area contributed by atoms with E-state index >= 15 is 0 Å². The van der Waals surface area contributed by atoms with Crippen molar-refractivity contribution in [1.82, 2.24) is 10.3 Å². The van der Waals surface area contributed by atoms with Gasteiger partial charge in [-0.2, -0.15) is 0 Å². The van der Waals surface area contributed by atoms with E-state index in [9.17, 15) is 14.4 Å². The van der Waals surface area contributed by atoms with Crippen molar-refractivity contribution >= 4 is 33.6 Å². The molecule has 1 aromatic heterocycles. The largest absolute Gasteiger partial charge is 0.465 e. The van der Waals surface area contributed by atoms with Gasteiger partial charge in [0.05, 0.1) is 30.8 Å². The monoisotopic (exact) mass is 420 g/mol. The van der Waals surface area contributed by atoms with Gasteiger partial charge in [-0.05, 0) is 31.0 Å². The molecular weight excluding hydrogens is 400 g/mol. The molecular formula is C19H21BrN2O4. The second-order valence-corrected chi connectivity index (χ2v) is 6.87. The standard InChI is InChI=1S/C19H21BrN2O4/c1-10-17(19(25)26-4)15(22-18(10)12(3)23)9-16(24)21-11(2)13-7-5-6-8-14(13)20/h5-8,11,22H,9H2,1-4H3,(H,21,24). The number of methoxy groups -OCH3 is 1. The van der Waals surface area contributed by atoms with Crippen molar-refractivity contribution in [2.75, 3.05) is 7.11 Å². The van der Waals surface area contributed by atoms with Gasteiger partial charge >= 0.3 is 5.97 Å². The van der Waals surface area contributed by atoms with Crippen LogP contribution in [0, 0.1) is 6.92 Å². The van der Waals surface area contributed by atoms with E-state index in [1.54, 1.807) is 6.92 Å². The van der Waals surface area contributed by atoms with Crippen LogP contribution in [0.15, 0.2) is 28.7 Å². The number of aromatic nitrogens is 1. The molecule has 0 radical (unpaired) electrons. The highest BCUT2D eigenvalue weighted by molar-refractivity contribution is 9.10. The van der Waals surface area contributed by atoms with Crippen molar-refractivity contribution in [2.24, 2.45) is 0 Å². The van der Waals surface area contributed by atoms with Gasteiger partial charge in [0.2, 0.25) is 5.91 Å². The van der Waals surface area contributed by atoms with Crippen LogP contribution in [0.5, 0.6) is 0 Å². The smallest absolute Gasteiger partial charge is 0.339 e. The van der Waals surface area contributed by atoms with Crippen LogP contribution < -0.4 is 5.32 Å². The Balaban J connectivity index is 2.23. The number of benzene rings is 1. The topological polar surface area (TPSA) is 88.3 Å². The first-order valence-electron chi connectivity index (χ1n) is 8.10. The van der Waals surface area contributed by atoms with Crippen LogP contribution in [0.1, 0.15) is 57.6 Å². The molecule has 0 fully saturated rings. The average molecular weight is 421 g/mol. The van der Waals surface area contributed by atoms with Gasteiger partial charge in [0, 0.05) is 17.1 Å². The summed E-state index contributed by atoms with van der Waals surface area (Å²) in [7, 11) is 1.26. The maximum atomic E-state index is 12.5. The van der Waals surface area contributed by atoms with Crippen molar-refractivity contribution in [3.8, 4) is 0 Å². The zero-order valence-corrected chi connectivity index (χ0v) is 16.7. The number of hydrogen-bond acceptors (Lipinski definition) is 4. The molecule has 1 unspecified atom stereocenters. The number of nitrogens with one attached hydrogen (secondary N) is 2. The van der Waals surface area contributed by atoms with E-state index in [4.69, 9.17) is 4.74 Å². The number of halogens is 1. The normalized spacial score (nSPS) is 11.7. The molecule has 0 aliphatic heterocycles. The molecule has 0 bridgehead atoms. The van der Waals surface area contributed by atoms with Crippen LogP contribution in [0.25, 0.3) is 0 Å². The lowest BCUT2D eigenvalue weighted by Gasteiger charge is -2.16. The molecule has 6 nitrogen and oxygen atoms in total. The molecule has 1 aromatic carbocycles. The summed E-state index contributed by atoms with van der Waals surface area (Å²) in [6, 6.07) is 7.40. The summed E-state index contributed by atoms with van der Waals surface area (Å²) < 4.78 is 5.69. The summed E-state index contributed by atoms with van der Waals surface area (Å²) >= 11 is 3.47. The Labute approximate surface area is 160 Å². The molecule has 138 valence electrons. The molecule has 0 spiro atoms. The van der Waals surface area contributed by atoms with Gasteiger partial charge < -0.3 is 15.0 Å². The fraction of sp³-hybridized carbons (Fsp3) is 0.316. The summed E-state index contributed by atoms with van der Waals surface area (Å²) in [5.74, 6) is -1.05. The van der Waals surface area contributed by atoms with Gasteiger partial charge in [0.25, 0.3) is 0 Å². The lowest BCUT2D eigenvalue weighted by Crippen LogP contribution is -2.29. The molecule has 26 heavy (non-hydrogen) atoms. The highest BCUT2D eigenvalue weighted by Gasteiger charge is 2.24. The van der Waals surface area contributed by atoms with Crippen molar-refractivity contribution < 1.29 is 19.1 Å². The highest BCUT2D eigenvalue weighted by atomic mass is 79.9. The molecule has 0 aliphatic carbocycles. The first-order chi connectivity index (χ1) is 12.3. The third-order valence-electron chi connectivity index (χ3n) is 4.16. The minimum Gasteiger partial charge on any atom is -0.465 e. The summed E-state index contributed by atoms with van der Waals surface area (Å²) in [6.45, 7) is 4.93. The molecule has 1 heterocycles. The van der Waals surface area contributed by atoms with Gasteiger partial charge in [0.1, 0.15) is 0 Å². The Bertz CT molecular complexity index is 857. The molecule has 7 heteroatoms. The summed E-state index contributed by atoms with van der Waals surface area (Å²) in [5, 5.41) is 2.90. The number of carbonyl (C=O) groups excluding carboxylic acids is 3. The first kappa shape index (κ1) is 19.9. The van der Waals surface area contributed by atoms with Gasteiger partial charge in [-0.15, -0.1) is 0 Å². The Hall–Kier alpha value is -2.41. The van der Waals surface area contributed by atoms with E-state index in [1.165, 1.54) is 14.0 Å². The number of esters is 1. The Kier molecular flexibility index (Phi) is 6.37. The number of hydrogen-bond donors (Lipinski definition) is 2. The van der Waals surface area contributed by atoms with E-state index in [0.717, 1.165) is 10.0 Å². The lowest BCUT2D eigenvalue weighted by atomic mass is 10.1. The highest BCUT2D eigenvalue weighted by Crippen LogP contribution is 2.24. The number of ketones is 1. The van der Waals surface area contributed by atoms with Crippen molar-refractivity contribution in [3.05, 3.63) is 56.8 Å². The van der Waals surface area contributed by atoms with E-state index in [2.05, 4.69) is 26.2 Å². The third kappa shape index (κ3) is 4.22. The number of carbonyl (C=O) groups is 3.